The molecule has 1 aromatic heterocycles. The molecule has 0 radical (unpaired) electrons. The van der Waals surface area contributed by atoms with Gasteiger partial charge in [-0.3, -0.25) is 9.97 Å². The highest BCUT2D eigenvalue weighted by Gasteiger charge is 2.24. The van der Waals surface area contributed by atoms with Crippen LogP contribution in [0.25, 0.3) is 5.57 Å². The lowest BCUT2D eigenvalue weighted by atomic mass is 9.81. The lowest BCUT2D eigenvalue weighted by molar-refractivity contribution is 0.424. The van der Waals surface area contributed by atoms with Crippen molar-refractivity contribution in [3.8, 4) is 0 Å². The third-order valence-corrected chi connectivity index (χ3v) is 3.89. The Morgan fingerprint density at radius 1 is 1.18 bits per heavy atom. The number of allylic oxidation sites excluding steroid dienone is 2. The Labute approximate surface area is 105 Å². The van der Waals surface area contributed by atoms with Crippen molar-refractivity contribution >= 4 is 5.57 Å². The normalized spacial score (nSPS) is 12.9. The van der Waals surface area contributed by atoms with Crippen molar-refractivity contribution in [1.82, 2.24) is 9.97 Å². The fourth-order valence-corrected chi connectivity index (χ4v) is 1.95. The third-order valence-electron chi connectivity index (χ3n) is 3.89. The van der Waals surface area contributed by atoms with Gasteiger partial charge < -0.3 is 0 Å². The van der Waals surface area contributed by atoms with E-state index >= 15 is 0 Å². The molecule has 0 saturated carbocycles. The van der Waals surface area contributed by atoms with Crippen LogP contribution in [0, 0.1) is 0 Å². The summed E-state index contributed by atoms with van der Waals surface area (Å²) >= 11 is 0. The summed E-state index contributed by atoms with van der Waals surface area (Å²) < 4.78 is 0. The van der Waals surface area contributed by atoms with Crippen LogP contribution < -0.4 is 0 Å². The second-order valence-corrected chi connectivity index (χ2v) is 4.72. The average Bonchev–Trinajstić information content (AvgIpc) is 2.40. The monoisotopic (exact) mass is 232 g/mol. The molecule has 0 spiro atoms. The van der Waals surface area contributed by atoms with Crippen LogP contribution in [0.15, 0.2) is 18.5 Å². The van der Waals surface area contributed by atoms with Crippen molar-refractivity contribution in [2.24, 2.45) is 0 Å². The molecule has 17 heavy (non-hydrogen) atoms. The molecule has 0 atom stereocenters. The quantitative estimate of drug-likeness (QED) is 0.753. The van der Waals surface area contributed by atoms with Crippen LogP contribution in [0.3, 0.4) is 0 Å². The highest BCUT2D eigenvalue weighted by molar-refractivity contribution is 5.61. The molecule has 0 aliphatic heterocycles. The van der Waals surface area contributed by atoms with Crippen LogP contribution in [0.1, 0.15) is 65.3 Å². The van der Waals surface area contributed by atoms with Crippen LogP contribution in [0.5, 0.6) is 0 Å². The molecule has 0 aromatic carbocycles. The van der Waals surface area contributed by atoms with Gasteiger partial charge in [-0.2, -0.15) is 0 Å². The Bertz CT molecular complexity index is 372. The van der Waals surface area contributed by atoms with Gasteiger partial charge in [0, 0.05) is 11.6 Å². The topological polar surface area (TPSA) is 25.8 Å². The first kappa shape index (κ1) is 13.9. The van der Waals surface area contributed by atoms with Crippen LogP contribution in [0.2, 0.25) is 0 Å². The van der Waals surface area contributed by atoms with E-state index < -0.39 is 0 Å². The van der Waals surface area contributed by atoms with Crippen molar-refractivity contribution in [3.05, 3.63) is 29.9 Å². The Morgan fingerprint density at radius 3 is 2.18 bits per heavy atom. The first-order valence-electron chi connectivity index (χ1n) is 6.59. The minimum atomic E-state index is 0.161. The molecule has 0 unspecified atom stereocenters. The van der Waals surface area contributed by atoms with Crippen molar-refractivity contribution < 1.29 is 0 Å². The second-order valence-electron chi connectivity index (χ2n) is 4.72. The lowest BCUT2D eigenvalue weighted by Gasteiger charge is -2.25. The van der Waals surface area contributed by atoms with E-state index in [1.165, 1.54) is 5.57 Å². The minimum absolute atomic E-state index is 0.161. The van der Waals surface area contributed by atoms with E-state index in [0.29, 0.717) is 0 Å². The molecule has 2 nitrogen and oxygen atoms in total. The van der Waals surface area contributed by atoms with Gasteiger partial charge in [0.05, 0.1) is 17.6 Å². The molecule has 1 aromatic rings. The number of aromatic nitrogens is 2. The van der Waals surface area contributed by atoms with E-state index in [2.05, 4.69) is 50.7 Å². The number of hydrogen-bond acceptors (Lipinski definition) is 2. The van der Waals surface area contributed by atoms with Gasteiger partial charge >= 0.3 is 0 Å². The van der Waals surface area contributed by atoms with Gasteiger partial charge in [0.25, 0.3) is 0 Å². The summed E-state index contributed by atoms with van der Waals surface area (Å²) in [6, 6.07) is 0. The van der Waals surface area contributed by atoms with Crippen molar-refractivity contribution in [2.75, 3.05) is 0 Å². The summed E-state index contributed by atoms with van der Waals surface area (Å²) in [5.41, 5.74) is 3.54. The summed E-state index contributed by atoms with van der Waals surface area (Å²) in [6.07, 6.45) is 9.18. The van der Waals surface area contributed by atoms with Crippen LogP contribution in [-0.4, -0.2) is 9.97 Å². The van der Waals surface area contributed by atoms with Gasteiger partial charge in [-0.15, -0.1) is 0 Å². The van der Waals surface area contributed by atoms with Gasteiger partial charge in [-0.1, -0.05) is 33.8 Å². The summed E-state index contributed by atoms with van der Waals surface area (Å²) in [6.45, 7) is 10.9. The molecule has 2 heteroatoms. The zero-order chi connectivity index (χ0) is 12.9. The van der Waals surface area contributed by atoms with Crippen molar-refractivity contribution in [1.29, 1.82) is 0 Å². The first-order valence-corrected chi connectivity index (χ1v) is 6.59. The Hall–Kier alpha value is -1.18. The molecule has 0 saturated heterocycles. The maximum absolute atomic E-state index is 4.61. The minimum Gasteiger partial charge on any atom is -0.257 e. The maximum Gasteiger partial charge on any atom is 0.0841 e. The third kappa shape index (κ3) is 2.93. The molecule has 0 aliphatic carbocycles. The van der Waals surface area contributed by atoms with E-state index in [9.17, 15) is 0 Å². The van der Waals surface area contributed by atoms with Crippen LogP contribution in [-0.2, 0) is 5.41 Å². The Morgan fingerprint density at radius 2 is 1.82 bits per heavy atom. The molecule has 1 heterocycles. The number of nitrogens with zero attached hydrogens (tertiary/aromatic N) is 2. The summed E-state index contributed by atoms with van der Waals surface area (Å²) in [7, 11) is 0. The molecule has 0 aliphatic rings. The van der Waals surface area contributed by atoms with E-state index in [1.54, 1.807) is 0 Å². The average molecular weight is 232 g/mol. The number of rotatable bonds is 5. The van der Waals surface area contributed by atoms with Gasteiger partial charge in [0.1, 0.15) is 0 Å². The fourth-order valence-electron chi connectivity index (χ4n) is 1.95. The summed E-state index contributed by atoms with van der Waals surface area (Å²) in [4.78, 5) is 9.16. The molecule has 0 N–H and O–H groups in total. The lowest BCUT2D eigenvalue weighted by Crippen LogP contribution is -2.21. The Kier molecular flexibility index (Phi) is 4.86. The predicted octanol–water partition coefficient (Wildman–Crippen LogP) is 4.37. The van der Waals surface area contributed by atoms with Gasteiger partial charge in [0.2, 0.25) is 0 Å². The maximum atomic E-state index is 4.61. The molecule has 0 fully saturated rings. The zero-order valence-electron chi connectivity index (χ0n) is 11.7. The van der Waals surface area contributed by atoms with Crippen molar-refractivity contribution in [3.63, 3.8) is 0 Å². The van der Waals surface area contributed by atoms with Gasteiger partial charge in [-0.05, 0) is 31.8 Å². The van der Waals surface area contributed by atoms with Crippen molar-refractivity contribution in [2.45, 2.75) is 59.3 Å². The molecule has 1 rings (SSSR count). The fraction of sp³-hybridized carbons (Fsp3) is 0.600. The Balaban J connectivity index is 3.03. The predicted molar refractivity (Wildman–Crippen MR) is 73.9 cm³/mol. The van der Waals surface area contributed by atoms with Gasteiger partial charge in [-0.25, -0.2) is 0 Å². The molecule has 94 valence electrons. The molecular formula is C15H24N2. The second kappa shape index (κ2) is 5.95. The summed E-state index contributed by atoms with van der Waals surface area (Å²) in [5.74, 6) is 0. The van der Waals surface area contributed by atoms with Crippen LogP contribution in [0.4, 0.5) is 0 Å². The highest BCUT2D eigenvalue weighted by Crippen LogP contribution is 2.29. The first-order chi connectivity index (χ1) is 8.11. The molecule has 0 amide bonds. The van der Waals surface area contributed by atoms with E-state index in [0.717, 1.165) is 30.7 Å². The smallest absolute Gasteiger partial charge is 0.0841 e. The van der Waals surface area contributed by atoms with E-state index in [4.69, 9.17) is 0 Å². The number of hydrogen-bond donors (Lipinski definition) is 0. The standard InChI is InChI=1S/C15H24N2/c1-6-12(7-2)13-10-17-14(11-16-13)15(5,8-3)9-4/h6,10-11H,7-9H2,1-5H3. The molecular weight excluding hydrogens is 208 g/mol. The summed E-state index contributed by atoms with van der Waals surface area (Å²) in [5, 5.41) is 0. The molecule has 0 bridgehead atoms. The highest BCUT2D eigenvalue weighted by atomic mass is 14.8. The zero-order valence-corrected chi connectivity index (χ0v) is 11.7. The van der Waals surface area contributed by atoms with E-state index in [1.807, 2.05) is 12.4 Å². The SMILES string of the molecule is CC=C(CC)c1cnc(C(C)(CC)CC)cn1. The largest absolute Gasteiger partial charge is 0.257 e. The van der Waals surface area contributed by atoms with Gasteiger partial charge in [0.15, 0.2) is 0 Å². The van der Waals surface area contributed by atoms with Crippen LogP contribution >= 0.6 is 0 Å². The van der Waals surface area contributed by atoms with E-state index in [-0.39, 0.29) is 5.41 Å².